The summed E-state index contributed by atoms with van der Waals surface area (Å²) in [4.78, 5) is 12.8. The van der Waals surface area contributed by atoms with Gasteiger partial charge in [-0.05, 0) is 23.3 Å². The smallest absolute Gasteiger partial charge is 0.347 e. The Bertz CT molecular complexity index is 1450. The van der Waals surface area contributed by atoms with Crippen molar-refractivity contribution in [1.82, 2.24) is 4.57 Å². The fraction of sp³-hybridized carbons (Fsp3) is 0.0400. The number of nitrogens with zero attached hydrogens (tertiary/aromatic N) is 1. The minimum absolute atomic E-state index is 0.157. The van der Waals surface area contributed by atoms with Crippen LogP contribution in [0.25, 0.3) is 33.0 Å². The summed E-state index contributed by atoms with van der Waals surface area (Å²) in [7, 11) is 0. The van der Waals surface area contributed by atoms with E-state index in [4.69, 9.17) is 9.83 Å². The minimum Gasteiger partial charge on any atom is -0.422 e. The van der Waals surface area contributed by atoms with Gasteiger partial charge in [0.2, 0.25) is 0 Å². The topological polar surface area (TPSA) is 59.0 Å². The monoisotopic (exact) mass is 378 g/mol. The molecule has 140 valence electrons. The summed E-state index contributed by atoms with van der Waals surface area (Å²) in [6, 6.07) is 29.4. The summed E-state index contributed by atoms with van der Waals surface area (Å²) < 4.78 is 7.39. The van der Waals surface area contributed by atoms with Crippen LogP contribution < -0.4 is 11.1 Å². The number of aromatic nitrogens is 1. The Morgan fingerprint density at radius 1 is 0.793 bits per heavy atom. The maximum Gasteiger partial charge on any atom is 0.347 e. The predicted molar refractivity (Wildman–Crippen MR) is 115 cm³/mol. The first-order valence-electron chi connectivity index (χ1n) is 9.46. The van der Waals surface area contributed by atoms with Gasteiger partial charge in [0.15, 0.2) is 0 Å². The van der Waals surface area contributed by atoms with E-state index in [2.05, 4.69) is 0 Å². The molecule has 0 atom stereocenters. The molecule has 0 bridgehead atoms. The molecule has 0 unspecified atom stereocenters. The Hall–Kier alpha value is -3.92. The van der Waals surface area contributed by atoms with Gasteiger partial charge < -0.3 is 8.98 Å². The SMILES string of the molecule is N=c1c2c(=O)oc3ccccc3c2cc(-c2ccccc2)n1Cc1ccccc1. The molecule has 1 N–H and O–H groups in total. The van der Waals surface area contributed by atoms with Crippen LogP contribution in [0.15, 0.2) is 100 Å². The highest BCUT2D eigenvalue weighted by Crippen LogP contribution is 2.27. The first-order valence-corrected chi connectivity index (χ1v) is 9.46. The normalized spacial score (nSPS) is 11.2. The van der Waals surface area contributed by atoms with Crippen molar-refractivity contribution >= 4 is 21.7 Å². The molecule has 0 fully saturated rings. The molecule has 5 aromatic rings. The summed E-state index contributed by atoms with van der Waals surface area (Å²) in [5.41, 5.74) is 3.16. The Labute approximate surface area is 166 Å². The molecule has 0 saturated carbocycles. The summed E-state index contributed by atoms with van der Waals surface area (Å²) in [6.07, 6.45) is 0. The molecule has 0 radical (unpaired) electrons. The minimum atomic E-state index is -0.481. The molecule has 4 heteroatoms. The molecule has 3 aromatic carbocycles. The number of hydrogen-bond acceptors (Lipinski definition) is 3. The van der Waals surface area contributed by atoms with Gasteiger partial charge in [-0.3, -0.25) is 5.41 Å². The van der Waals surface area contributed by atoms with Crippen LogP contribution in [0, 0.1) is 5.41 Å². The fourth-order valence-corrected chi connectivity index (χ4v) is 3.80. The standard InChI is InChI=1S/C25H18N2O2/c26-24-23-20(19-13-7-8-14-22(19)29-25(23)28)15-21(18-11-5-2-6-12-18)27(24)16-17-9-3-1-4-10-17/h1-15,26H,16H2. The Balaban J connectivity index is 1.90. The highest BCUT2D eigenvalue weighted by atomic mass is 16.4. The number of rotatable bonds is 3. The number of hydrogen-bond donors (Lipinski definition) is 1. The van der Waals surface area contributed by atoms with Crippen molar-refractivity contribution in [3.05, 3.63) is 112 Å². The van der Waals surface area contributed by atoms with Crippen molar-refractivity contribution in [3.8, 4) is 11.3 Å². The van der Waals surface area contributed by atoms with Crippen molar-refractivity contribution < 1.29 is 4.42 Å². The number of pyridine rings is 1. The lowest BCUT2D eigenvalue weighted by molar-refractivity contribution is 0.567. The molecule has 5 rings (SSSR count). The van der Waals surface area contributed by atoms with E-state index < -0.39 is 5.63 Å². The summed E-state index contributed by atoms with van der Waals surface area (Å²) in [5.74, 6) is 0. The quantitative estimate of drug-likeness (QED) is 0.357. The van der Waals surface area contributed by atoms with Crippen molar-refractivity contribution in [3.63, 3.8) is 0 Å². The largest absolute Gasteiger partial charge is 0.422 e. The van der Waals surface area contributed by atoms with Crippen LogP contribution in [0.3, 0.4) is 0 Å². The van der Waals surface area contributed by atoms with Crippen molar-refractivity contribution in [2.45, 2.75) is 6.54 Å². The van der Waals surface area contributed by atoms with Gasteiger partial charge in [-0.1, -0.05) is 78.9 Å². The third kappa shape index (κ3) is 2.95. The van der Waals surface area contributed by atoms with E-state index in [1.165, 1.54) is 0 Å². The molecule has 0 aliphatic heterocycles. The molecular weight excluding hydrogens is 360 g/mol. The lowest BCUT2D eigenvalue weighted by Crippen LogP contribution is -2.26. The third-order valence-electron chi connectivity index (χ3n) is 5.18. The second kappa shape index (κ2) is 6.91. The molecule has 0 spiro atoms. The highest BCUT2D eigenvalue weighted by Gasteiger charge is 2.15. The first kappa shape index (κ1) is 17.2. The van der Waals surface area contributed by atoms with Gasteiger partial charge in [0.05, 0.1) is 5.69 Å². The van der Waals surface area contributed by atoms with Gasteiger partial charge in [-0.15, -0.1) is 0 Å². The summed E-state index contributed by atoms with van der Waals surface area (Å²) in [5, 5.41) is 10.8. The molecular formula is C25H18N2O2. The second-order valence-corrected chi connectivity index (χ2v) is 6.99. The number of nitrogens with one attached hydrogen (secondary N) is 1. The maximum atomic E-state index is 12.8. The van der Waals surface area contributed by atoms with Gasteiger partial charge in [-0.25, -0.2) is 4.79 Å². The second-order valence-electron chi connectivity index (χ2n) is 6.99. The zero-order chi connectivity index (χ0) is 19.8. The molecule has 29 heavy (non-hydrogen) atoms. The average Bonchev–Trinajstić information content (AvgIpc) is 2.76. The van der Waals surface area contributed by atoms with Crippen molar-refractivity contribution in [1.29, 1.82) is 5.41 Å². The average molecular weight is 378 g/mol. The van der Waals surface area contributed by atoms with E-state index >= 15 is 0 Å². The van der Waals surface area contributed by atoms with Crippen LogP contribution in [0.1, 0.15) is 5.56 Å². The zero-order valence-corrected chi connectivity index (χ0v) is 15.6. The van der Waals surface area contributed by atoms with Crippen LogP contribution in [-0.2, 0) is 6.54 Å². The van der Waals surface area contributed by atoms with Crippen LogP contribution in [0.5, 0.6) is 0 Å². The number of benzene rings is 3. The molecule has 4 nitrogen and oxygen atoms in total. The molecule has 2 aromatic heterocycles. The van der Waals surface area contributed by atoms with Crippen LogP contribution in [-0.4, -0.2) is 4.57 Å². The zero-order valence-electron chi connectivity index (χ0n) is 15.6. The number of para-hydroxylation sites is 1. The molecule has 0 aliphatic rings. The Morgan fingerprint density at radius 3 is 2.21 bits per heavy atom. The lowest BCUT2D eigenvalue weighted by atomic mass is 10.0. The molecule has 0 aliphatic carbocycles. The van der Waals surface area contributed by atoms with Gasteiger partial charge in [0.25, 0.3) is 0 Å². The van der Waals surface area contributed by atoms with Crippen LogP contribution in [0.4, 0.5) is 0 Å². The first-order chi connectivity index (χ1) is 14.2. The lowest BCUT2D eigenvalue weighted by Gasteiger charge is -2.17. The fourth-order valence-electron chi connectivity index (χ4n) is 3.80. The van der Waals surface area contributed by atoms with Gasteiger partial charge in [-0.2, -0.15) is 0 Å². The van der Waals surface area contributed by atoms with E-state index in [-0.39, 0.29) is 5.49 Å². The van der Waals surface area contributed by atoms with Gasteiger partial charge in [0.1, 0.15) is 16.5 Å². The van der Waals surface area contributed by atoms with E-state index in [9.17, 15) is 4.79 Å². The number of fused-ring (bicyclic) bond motifs is 3. The molecule has 0 amide bonds. The van der Waals surface area contributed by atoms with Crippen LogP contribution in [0.2, 0.25) is 0 Å². The van der Waals surface area contributed by atoms with Gasteiger partial charge in [0, 0.05) is 17.3 Å². The summed E-state index contributed by atoms with van der Waals surface area (Å²) >= 11 is 0. The third-order valence-corrected chi connectivity index (χ3v) is 5.18. The predicted octanol–water partition coefficient (Wildman–Crippen LogP) is 4.94. The van der Waals surface area contributed by atoms with E-state index in [0.29, 0.717) is 17.5 Å². The molecule has 2 heterocycles. The van der Waals surface area contributed by atoms with Gasteiger partial charge >= 0.3 is 5.63 Å². The van der Waals surface area contributed by atoms with Crippen molar-refractivity contribution in [2.24, 2.45) is 0 Å². The van der Waals surface area contributed by atoms with E-state index in [0.717, 1.165) is 27.6 Å². The van der Waals surface area contributed by atoms with Crippen LogP contribution >= 0.6 is 0 Å². The van der Waals surface area contributed by atoms with Crippen molar-refractivity contribution in [2.75, 3.05) is 0 Å². The van der Waals surface area contributed by atoms with E-state index in [1.807, 2.05) is 89.5 Å². The Morgan fingerprint density at radius 2 is 1.45 bits per heavy atom. The summed E-state index contributed by atoms with van der Waals surface area (Å²) in [6.45, 7) is 0.492. The highest BCUT2D eigenvalue weighted by molar-refractivity contribution is 6.04. The van der Waals surface area contributed by atoms with E-state index in [1.54, 1.807) is 6.07 Å². The maximum absolute atomic E-state index is 12.8. The molecule has 0 saturated heterocycles. The Kier molecular flexibility index (Phi) is 4.10.